The minimum absolute atomic E-state index is 0.582. The molecule has 0 saturated carbocycles. The largest absolute Gasteiger partial charge is 0.394 e. The van der Waals surface area contributed by atoms with Crippen LogP contribution in [-0.4, -0.2) is 106 Å². The Hall–Kier alpha value is -0.840. The minimum atomic E-state index is -1.67. The summed E-state index contributed by atoms with van der Waals surface area (Å²) >= 11 is 0. The zero-order valence-corrected chi connectivity index (χ0v) is 12.9. The average Bonchev–Trinajstić information content (AvgIpc) is 2.59. The Labute approximate surface area is 138 Å². The quantitative estimate of drug-likeness (QED) is 0.275. The fraction of sp³-hybridized carbons (Fsp3) is 0.857. The molecule has 0 aromatic heterocycles. The number of aliphatic hydroxyl groups is 6. The summed E-state index contributed by atoms with van der Waals surface area (Å²) in [5.41, 5.74) is 0. The molecule has 0 radical (unpaired) electrons. The van der Waals surface area contributed by atoms with Gasteiger partial charge in [0, 0.05) is 7.11 Å². The lowest BCUT2D eigenvalue weighted by molar-refractivity contribution is -0.351. The first-order valence-electron chi connectivity index (χ1n) is 7.32. The van der Waals surface area contributed by atoms with Crippen molar-refractivity contribution in [2.45, 2.75) is 61.4 Å². The van der Waals surface area contributed by atoms with Crippen LogP contribution in [0, 0.1) is 12.3 Å². The van der Waals surface area contributed by atoms with Gasteiger partial charge in [-0.2, -0.15) is 0 Å². The molecule has 2 aliphatic rings. The number of aliphatic hydroxyl groups excluding tert-OH is 6. The topological polar surface area (TPSA) is 158 Å². The van der Waals surface area contributed by atoms with Crippen molar-refractivity contribution < 1.29 is 49.6 Å². The summed E-state index contributed by atoms with van der Waals surface area (Å²) in [5.74, 6) is 2.10. The molecule has 0 unspecified atom stereocenters. The Morgan fingerprint density at radius 2 is 1.54 bits per heavy atom. The summed E-state index contributed by atoms with van der Waals surface area (Å²) in [5, 5.41) is 58.9. The number of hydrogen-bond donors (Lipinski definition) is 6. The molecule has 0 bridgehead atoms. The summed E-state index contributed by atoms with van der Waals surface area (Å²) in [6, 6.07) is 0. The van der Waals surface area contributed by atoms with Crippen molar-refractivity contribution in [1.29, 1.82) is 0 Å². The Kier molecular flexibility index (Phi) is 6.52. The van der Waals surface area contributed by atoms with E-state index in [-0.39, 0.29) is 0 Å². The van der Waals surface area contributed by atoms with E-state index >= 15 is 0 Å². The van der Waals surface area contributed by atoms with Gasteiger partial charge in [-0.1, -0.05) is 5.92 Å². The molecule has 6 N–H and O–H groups in total. The van der Waals surface area contributed by atoms with Gasteiger partial charge < -0.3 is 49.6 Å². The molecule has 138 valence electrons. The number of hydrogen-bond acceptors (Lipinski definition) is 10. The van der Waals surface area contributed by atoms with Gasteiger partial charge >= 0.3 is 0 Å². The van der Waals surface area contributed by atoms with Crippen LogP contribution in [0.25, 0.3) is 0 Å². The van der Waals surface area contributed by atoms with Crippen molar-refractivity contribution >= 4 is 0 Å². The average molecular weight is 350 g/mol. The third-order valence-corrected chi connectivity index (χ3v) is 4.08. The maximum Gasteiger partial charge on any atom is 0.188 e. The highest BCUT2D eigenvalue weighted by Gasteiger charge is 2.50. The van der Waals surface area contributed by atoms with Crippen molar-refractivity contribution in [3.8, 4) is 12.3 Å². The Morgan fingerprint density at radius 3 is 2.08 bits per heavy atom. The molecule has 2 aliphatic heterocycles. The molecule has 10 heteroatoms. The second-order valence-electron chi connectivity index (χ2n) is 5.61. The first-order chi connectivity index (χ1) is 11.3. The van der Waals surface area contributed by atoms with Crippen LogP contribution in [0.4, 0.5) is 0 Å². The van der Waals surface area contributed by atoms with E-state index in [1.165, 1.54) is 7.11 Å². The highest BCUT2D eigenvalue weighted by atomic mass is 16.7. The Bertz CT molecular complexity index is 451. The highest BCUT2D eigenvalue weighted by molar-refractivity contribution is 5.05. The maximum atomic E-state index is 10.2. The van der Waals surface area contributed by atoms with Crippen LogP contribution in [0.15, 0.2) is 0 Å². The highest BCUT2D eigenvalue weighted by Crippen LogP contribution is 2.29. The SMILES string of the molecule is C#C[C@H]1O[C@@H](O[C@@H]2[C@H](O)[C@@H](O)[C@@H](OC)O[C@@H]2CO)[C@H](O)[C@@H](O)[C@H]1O. The van der Waals surface area contributed by atoms with Crippen molar-refractivity contribution in [1.82, 2.24) is 0 Å². The van der Waals surface area contributed by atoms with Gasteiger partial charge in [0.25, 0.3) is 0 Å². The van der Waals surface area contributed by atoms with E-state index < -0.39 is 68.0 Å². The number of terminal acetylenes is 1. The molecule has 0 aliphatic carbocycles. The predicted octanol–water partition coefficient (Wildman–Crippen LogP) is -4.10. The van der Waals surface area contributed by atoms with Crippen molar-refractivity contribution in [3.63, 3.8) is 0 Å². The molecule has 0 spiro atoms. The summed E-state index contributed by atoms with van der Waals surface area (Å²) in [6.07, 6.45) is -9.03. The lowest BCUT2D eigenvalue weighted by Gasteiger charge is -2.45. The predicted molar refractivity (Wildman–Crippen MR) is 75.2 cm³/mol. The van der Waals surface area contributed by atoms with Crippen molar-refractivity contribution in [3.05, 3.63) is 0 Å². The van der Waals surface area contributed by atoms with Gasteiger partial charge in [0.05, 0.1) is 6.61 Å². The first-order valence-corrected chi connectivity index (χ1v) is 7.32. The van der Waals surface area contributed by atoms with Crippen LogP contribution in [0.1, 0.15) is 0 Å². The van der Waals surface area contributed by atoms with E-state index in [2.05, 4.69) is 5.92 Å². The van der Waals surface area contributed by atoms with E-state index in [1.807, 2.05) is 0 Å². The normalized spacial score (nSPS) is 49.6. The van der Waals surface area contributed by atoms with E-state index in [9.17, 15) is 30.6 Å². The Balaban J connectivity index is 2.14. The van der Waals surface area contributed by atoms with Crippen molar-refractivity contribution in [2.75, 3.05) is 13.7 Å². The van der Waals surface area contributed by atoms with Gasteiger partial charge in [-0.25, -0.2) is 0 Å². The molecule has 0 aromatic rings. The maximum absolute atomic E-state index is 10.2. The lowest BCUT2D eigenvalue weighted by Crippen LogP contribution is -2.64. The lowest BCUT2D eigenvalue weighted by atomic mass is 9.97. The van der Waals surface area contributed by atoms with Gasteiger partial charge in [0.2, 0.25) is 0 Å². The fourth-order valence-corrected chi connectivity index (χ4v) is 2.67. The van der Waals surface area contributed by atoms with Crippen LogP contribution in [0.5, 0.6) is 0 Å². The van der Waals surface area contributed by atoms with Gasteiger partial charge in [-0.3, -0.25) is 0 Å². The number of rotatable bonds is 4. The molecule has 0 amide bonds. The second-order valence-corrected chi connectivity index (χ2v) is 5.61. The molecule has 2 rings (SSSR count). The van der Waals surface area contributed by atoms with E-state index in [0.29, 0.717) is 0 Å². The third kappa shape index (κ3) is 3.56. The van der Waals surface area contributed by atoms with Gasteiger partial charge in [0.1, 0.15) is 48.8 Å². The molecule has 0 aromatic carbocycles. The minimum Gasteiger partial charge on any atom is -0.394 e. The smallest absolute Gasteiger partial charge is 0.188 e. The molecular formula is C14H22O10. The Morgan fingerprint density at radius 1 is 0.917 bits per heavy atom. The number of methoxy groups -OCH3 is 1. The second kappa shape index (κ2) is 8.03. The molecular weight excluding hydrogens is 328 g/mol. The zero-order valence-electron chi connectivity index (χ0n) is 12.9. The van der Waals surface area contributed by atoms with E-state index in [1.54, 1.807) is 0 Å². The molecule has 2 fully saturated rings. The molecule has 10 atom stereocenters. The van der Waals surface area contributed by atoms with Crippen LogP contribution in [-0.2, 0) is 18.9 Å². The van der Waals surface area contributed by atoms with E-state index in [4.69, 9.17) is 25.4 Å². The molecule has 24 heavy (non-hydrogen) atoms. The molecule has 10 nitrogen and oxygen atoms in total. The summed E-state index contributed by atoms with van der Waals surface area (Å²) in [7, 11) is 1.25. The van der Waals surface area contributed by atoms with Crippen LogP contribution >= 0.6 is 0 Å². The van der Waals surface area contributed by atoms with Gasteiger partial charge in [0.15, 0.2) is 12.6 Å². The summed E-state index contributed by atoms with van der Waals surface area (Å²) in [6.45, 7) is -0.582. The van der Waals surface area contributed by atoms with Crippen LogP contribution < -0.4 is 0 Å². The first kappa shape index (κ1) is 19.5. The molecule has 2 saturated heterocycles. The standard InChI is InChI=1S/C14H22O10/c1-3-5-7(16)8(17)10(19)14(22-5)24-12-6(4-15)23-13(21-2)11(20)9(12)18/h1,5-20H,4H2,2H3/t5-,6-,7+,8+,9-,10-,11-,12+,13+,14+/m1/s1. The summed E-state index contributed by atoms with van der Waals surface area (Å²) < 4.78 is 20.7. The number of ether oxygens (including phenoxy) is 4. The van der Waals surface area contributed by atoms with Crippen LogP contribution in [0.3, 0.4) is 0 Å². The van der Waals surface area contributed by atoms with E-state index in [0.717, 1.165) is 0 Å². The van der Waals surface area contributed by atoms with Gasteiger partial charge in [-0.05, 0) is 0 Å². The fourth-order valence-electron chi connectivity index (χ4n) is 2.67. The van der Waals surface area contributed by atoms with Gasteiger partial charge in [-0.15, -0.1) is 6.42 Å². The van der Waals surface area contributed by atoms with Crippen molar-refractivity contribution in [2.24, 2.45) is 0 Å². The van der Waals surface area contributed by atoms with Crippen LogP contribution in [0.2, 0.25) is 0 Å². The monoisotopic (exact) mass is 350 g/mol. The summed E-state index contributed by atoms with van der Waals surface area (Å²) in [4.78, 5) is 0. The molecule has 2 heterocycles. The third-order valence-electron chi connectivity index (χ3n) is 4.08. The zero-order chi connectivity index (χ0) is 18.0.